The Bertz CT molecular complexity index is 753. The molecule has 0 atom stereocenters. The first-order chi connectivity index (χ1) is 12.2. The number of hydrogen-bond acceptors (Lipinski definition) is 5. The van der Waals surface area contributed by atoms with Crippen LogP contribution in [0.15, 0.2) is 28.7 Å². The molecule has 0 N–H and O–H groups in total. The second-order valence-corrected chi connectivity index (χ2v) is 7.12. The van der Waals surface area contributed by atoms with E-state index in [0.29, 0.717) is 41.5 Å². The molecule has 0 spiro atoms. The highest BCUT2D eigenvalue weighted by Gasteiger charge is 2.34. The highest BCUT2D eigenvalue weighted by atomic mass is 35.5. The Morgan fingerprint density at radius 2 is 2.00 bits per heavy atom. The lowest BCUT2D eigenvalue weighted by Crippen LogP contribution is -2.40. The van der Waals surface area contributed by atoms with Gasteiger partial charge in [-0.25, -0.2) is 0 Å². The predicted octanol–water partition coefficient (Wildman–Crippen LogP) is 2.98. The standard InChI is InChI=1S/C18H21ClN4O2/c19-15-6-2-1-5-14(15)18-21-20-16(25-18)11-23(13-7-8-13)17(24)12-22-9-3-4-10-22/h1-2,5-6,13H,3-4,7-12H2. The van der Waals surface area contributed by atoms with E-state index in [1.54, 1.807) is 6.07 Å². The van der Waals surface area contributed by atoms with Crippen LogP contribution in [0, 0.1) is 0 Å². The van der Waals surface area contributed by atoms with Crippen molar-refractivity contribution < 1.29 is 9.21 Å². The molecule has 7 heteroatoms. The maximum atomic E-state index is 12.7. The second kappa shape index (κ2) is 7.14. The Kier molecular flexibility index (Phi) is 4.72. The van der Waals surface area contributed by atoms with E-state index < -0.39 is 0 Å². The van der Waals surface area contributed by atoms with E-state index in [1.807, 2.05) is 23.1 Å². The molecule has 6 nitrogen and oxygen atoms in total. The molecule has 1 saturated heterocycles. The highest BCUT2D eigenvalue weighted by Crippen LogP contribution is 2.30. The Balaban J connectivity index is 1.46. The molecular formula is C18H21ClN4O2. The number of carbonyl (C=O) groups is 1. The van der Waals surface area contributed by atoms with Gasteiger partial charge in [0.1, 0.15) is 0 Å². The largest absolute Gasteiger partial charge is 0.419 e. The van der Waals surface area contributed by atoms with Gasteiger partial charge in [0.2, 0.25) is 17.7 Å². The van der Waals surface area contributed by atoms with Crippen LogP contribution in [-0.4, -0.2) is 51.6 Å². The maximum absolute atomic E-state index is 12.7. The van der Waals surface area contributed by atoms with Gasteiger partial charge in [0.25, 0.3) is 0 Å². The monoisotopic (exact) mass is 360 g/mol. The van der Waals surface area contributed by atoms with Crippen LogP contribution in [0.1, 0.15) is 31.6 Å². The summed E-state index contributed by atoms with van der Waals surface area (Å²) in [7, 11) is 0. The number of rotatable bonds is 6. The summed E-state index contributed by atoms with van der Waals surface area (Å²) in [6.07, 6.45) is 4.47. The van der Waals surface area contributed by atoms with Gasteiger partial charge in [-0.05, 0) is 50.9 Å². The van der Waals surface area contributed by atoms with Crippen molar-refractivity contribution in [1.29, 1.82) is 0 Å². The Labute approximate surface area is 151 Å². The summed E-state index contributed by atoms with van der Waals surface area (Å²) < 4.78 is 5.76. The summed E-state index contributed by atoms with van der Waals surface area (Å²) in [5.74, 6) is 1.00. The van der Waals surface area contributed by atoms with E-state index in [0.717, 1.165) is 25.9 Å². The van der Waals surface area contributed by atoms with Gasteiger partial charge in [0.05, 0.1) is 23.7 Å². The first-order valence-corrected chi connectivity index (χ1v) is 9.17. The lowest BCUT2D eigenvalue weighted by atomic mass is 10.2. The molecule has 0 radical (unpaired) electrons. The minimum Gasteiger partial charge on any atom is -0.419 e. The van der Waals surface area contributed by atoms with Crippen molar-refractivity contribution in [2.24, 2.45) is 0 Å². The van der Waals surface area contributed by atoms with Crippen molar-refractivity contribution in [3.8, 4) is 11.5 Å². The van der Waals surface area contributed by atoms with Crippen LogP contribution in [0.25, 0.3) is 11.5 Å². The van der Waals surface area contributed by atoms with E-state index in [4.69, 9.17) is 16.0 Å². The zero-order valence-corrected chi connectivity index (χ0v) is 14.8. The van der Waals surface area contributed by atoms with E-state index in [-0.39, 0.29) is 5.91 Å². The Hall–Kier alpha value is -1.92. The van der Waals surface area contributed by atoms with E-state index >= 15 is 0 Å². The third-order valence-electron chi connectivity index (χ3n) is 4.74. The van der Waals surface area contributed by atoms with Gasteiger partial charge in [0.15, 0.2) is 0 Å². The van der Waals surface area contributed by atoms with Crippen LogP contribution in [0.5, 0.6) is 0 Å². The molecule has 25 heavy (non-hydrogen) atoms. The number of nitrogens with zero attached hydrogens (tertiary/aromatic N) is 4. The fraction of sp³-hybridized carbons (Fsp3) is 0.500. The van der Waals surface area contributed by atoms with Crippen LogP contribution >= 0.6 is 11.6 Å². The molecule has 1 aromatic heterocycles. The molecule has 132 valence electrons. The number of benzene rings is 1. The summed E-state index contributed by atoms with van der Waals surface area (Å²) in [5, 5.41) is 8.78. The molecule has 1 aliphatic heterocycles. The summed E-state index contributed by atoms with van der Waals surface area (Å²) >= 11 is 6.18. The van der Waals surface area contributed by atoms with Gasteiger partial charge < -0.3 is 9.32 Å². The number of aromatic nitrogens is 2. The van der Waals surface area contributed by atoms with Gasteiger partial charge in [-0.2, -0.15) is 0 Å². The van der Waals surface area contributed by atoms with Gasteiger partial charge in [0, 0.05) is 6.04 Å². The zero-order valence-electron chi connectivity index (χ0n) is 14.0. The molecule has 0 unspecified atom stereocenters. The number of carbonyl (C=O) groups excluding carboxylic acids is 1. The quantitative estimate of drug-likeness (QED) is 0.792. The van der Waals surface area contributed by atoms with E-state index in [1.165, 1.54) is 12.8 Å². The fourth-order valence-electron chi connectivity index (χ4n) is 3.24. The lowest BCUT2D eigenvalue weighted by Gasteiger charge is -2.23. The number of amides is 1. The Morgan fingerprint density at radius 3 is 2.72 bits per heavy atom. The first-order valence-electron chi connectivity index (χ1n) is 8.80. The molecule has 2 heterocycles. The fourth-order valence-corrected chi connectivity index (χ4v) is 3.45. The van der Waals surface area contributed by atoms with Crippen molar-refractivity contribution in [3.05, 3.63) is 35.2 Å². The minimum absolute atomic E-state index is 0.155. The van der Waals surface area contributed by atoms with Crippen molar-refractivity contribution in [1.82, 2.24) is 20.0 Å². The molecule has 2 aromatic rings. The topological polar surface area (TPSA) is 62.5 Å². The summed E-state index contributed by atoms with van der Waals surface area (Å²) in [6, 6.07) is 7.68. The van der Waals surface area contributed by atoms with Crippen LogP contribution in [0.4, 0.5) is 0 Å². The third-order valence-corrected chi connectivity index (χ3v) is 5.07. The summed E-state index contributed by atoms with van der Waals surface area (Å²) in [4.78, 5) is 16.8. The van der Waals surface area contributed by atoms with Crippen molar-refractivity contribution in [3.63, 3.8) is 0 Å². The van der Waals surface area contributed by atoms with Crippen molar-refractivity contribution in [2.75, 3.05) is 19.6 Å². The number of likely N-dealkylation sites (tertiary alicyclic amines) is 1. The van der Waals surface area contributed by atoms with Crippen LogP contribution < -0.4 is 0 Å². The van der Waals surface area contributed by atoms with Crippen LogP contribution in [0.2, 0.25) is 5.02 Å². The second-order valence-electron chi connectivity index (χ2n) is 6.72. The molecule has 1 amide bonds. The van der Waals surface area contributed by atoms with E-state index in [2.05, 4.69) is 15.1 Å². The molecule has 1 aliphatic carbocycles. The van der Waals surface area contributed by atoms with Crippen molar-refractivity contribution in [2.45, 2.75) is 38.3 Å². The molecule has 1 saturated carbocycles. The van der Waals surface area contributed by atoms with Gasteiger partial charge in [-0.1, -0.05) is 23.7 Å². The SMILES string of the molecule is O=C(CN1CCCC1)N(Cc1nnc(-c2ccccc2Cl)o1)C1CC1. The van der Waals surface area contributed by atoms with Gasteiger partial charge in [-0.15, -0.1) is 10.2 Å². The molecule has 4 rings (SSSR count). The molecule has 2 fully saturated rings. The van der Waals surface area contributed by atoms with Crippen LogP contribution in [-0.2, 0) is 11.3 Å². The normalized spacial score (nSPS) is 17.8. The number of halogens is 1. The number of hydrogen-bond donors (Lipinski definition) is 0. The maximum Gasteiger partial charge on any atom is 0.249 e. The third kappa shape index (κ3) is 3.85. The lowest BCUT2D eigenvalue weighted by molar-refractivity contribution is -0.133. The first kappa shape index (κ1) is 16.5. The smallest absolute Gasteiger partial charge is 0.249 e. The van der Waals surface area contributed by atoms with E-state index in [9.17, 15) is 4.79 Å². The molecular weight excluding hydrogens is 340 g/mol. The van der Waals surface area contributed by atoms with Crippen LogP contribution in [0.3, 0.4) is 0 Å². The molecule has 0 bridgehead atoms. The van der Waals surface area contributed by atoms with Gasteiger partial charge in [-0.3, -0.25) is 9.69 Å². The molecule has 2 aliphatic rings. The summed E-state index contributed by atoms with van der Waals surface area (Å²) in [5.41, 5.74) is 0.712. The van der Waals surface area contributed by atoms with Crippen molar-refractivity contribution >= 4 is 17.5 Å². The zero-order chi connectivity index (χ0) is 17.2. The average Bonchev–Trinajstić information content (AvgIpc) is 3.12. The Morgan fingerprint density at radius 1 is 1.24 bits per heavy atom. The minimum atomic E-state index is 0.155. The summed E-state index contributed by atoms with van der Waals surface area (Å²) in [6.45, 7) is 2.89. The molecule has 1 aromatic carbocycles. The predicted molar refractivity (Wildman–Crippen MR) is 94.0 cm³/mol. The van der Waals surface area contributed by atoms with Gasteiger partial charge >= 0.3 is 0 Å². The average molecular weight is 361 g/mol. The highest BCUT2D eigenvalue weighted by molar-refractivity contribution is 6.33.